The van der Waals surface area contributed by atoms with E-state index >= 15 is 0 Å². The van der Waals surface area contributed by atoms with E-state index in [9.17, 15) is 0 Å². The summed E-state index contributed by atoms with van der Waals surface area (Å²) in [6.07, 6.45) is 8.20. The third-order valence-corrected chi connectivity index (χ3v) is 5.21. The molecular weight excluding hydrogens is 313 g/mol. The molecule has 2 bridgehead atoms. The van der Waals surface area contributed by atoms with Crippen molar-refractivity contribution in [1.29, 1.82) is 0 Å². The molecule has 3 aliphatic carbocycles. The minimum absolute atomic E-state index is 0.686. The second kappa shape index (κ2) is 3.31. The Morgan fingerprint density at radius 3 is 2.38 bits per heavy atom. The van der Waals surface area contributed by atoms with Crippen LogP contribution in [0.5, 0.6) is 0 Å². The fourth-order valence-corrected chi connectivity index (χ4v) is 4.33. The largest absolute Gasteiger partial charge is 0.351 e. The molecule has 1 N–H and O–H groups in total. The maximum absolute atomic E-state index is 4.33. The standard InChI is InChI=1S/C12H14IN3/c13-8-4-14-12(15-5-8)16-11-9-6-1-2-7(3-6)10(9)11/h4-7,9-11H,1-3H2,(H,14,15,16). The first-order valence-electron chi connectivity index (χ1n) is 6.07. The molecule has 0 aliphatic heterocycles. The van der Waals surface area contributed by atoms with E-state index in [1.165, 1.54) is 19.3 Å². The molecule has 4 atom stereocenters. The molecule has 3 saturated carbocycles. The Hall–Kier alpha value is -0.390. The molecule has 3 aliphatic rings. The highest BCUT2D eigenvalue weighted by Gasteiger charge is 2.65. The fourth-order valence-electron chi connectivity index (χ4n) is 4.05. The molecule has 1 aromatic rings. The number of nitrogens with one attached hydrogen (secondary N) is 1. The summed E-state index contributed by atoms with van der Waals surface area (Å²) in [4.78, 5) is 8.65. The topological polar surface area (TPSA) is 37.8 Å². The van der Waals surface area contributed by atoms with Gasteiger partial charge in [-0.1, -0.05) is 0 Å². The zero-order valence-electron chi connectivity index (χ0n) is 8.94. The molecule has 0 radical (unpaired) electrons. The Labute approximate surface area is 109 Å². The van der Waals surface area contributed by atoms with Gasteiger partial charge in [-0.15, -0.1) is 0 Å². The number of anilines is 1. The lowest BCUT2D eigenvalue weighted by molar-refractivity contribution is 0.456. The Morgan fingerprint density at radius 1 is 1.12 bits per heavy atom. The SMILES string of the molecule is Ic1cnc(NC2C3C4CCC(C4)C23)nc1. The van der Waals surface area contributed by atoms with Gasteiger partial charge in [-0.3, -0.25) is 0 Å². The zero-order valence-corrected chi connectivity index (χ0v) is 11.1. The van der Waals surface area contributed by atoms with Crippen LogP contribution in [0.2, 0.25) is 0 Å². The van der Waals surface area contributed by atoms with E-state index in [1.54, 1.807) is 0 Å². The maximum atomic E-state index is 4.33. The second-order valence-electron chi connectivity index (χ2n) is 5.38. The van der Waals surface area contributed by atoms with Crippen molar-refractivity contribution < 1.29 is 0 Å². The lowest BCUT2D eigenvalue weighted by atomic mass is 10.0. The molecule has 4 heteroatoms. The van der Waals surface area contributed by atoms with Crippen molar-refractivity contribution in [3.05, 3.63) is 16.0 Å². The number of nitrogens with zero attached hydrogens (tertiary/aromatic N) is 2. The predicted octanol–water partition coefficient (Wildman–Crippen LogP) is 2.54. The number of rotatable bonds is 2. The first-order valence-corrected chi connectivity index (χ1v) is 7.15. The van der Waals surface area contributed by atoms with Crippen LogP contribution in [0.25, 0.3) is 0 Å². The van der Waals surface area contributed by atoms with Gasteiger partial charge in [-0.2, -0.15) is 0 Å². The van der Waals surface area contributed by atoms with Crippen LogP contribution in [0.1, 0.15) is 19.3 Å². The number of hydrogen-bond donors (Lipinski definition) is 1. The van der Waals surface area contributed by atoms with Gasteiger partial charge < -0.3 is 5.32 Å². The van der Waals surface area contributed by atoms with E-state index in [0.717, 1.165) is 33.2 Å². The molecule has 4 rings (SSSR count). The summed E-state index contributed by atoms with van der Waals surface area (Å²) >= 11 is 2.24. The lowest BCUT2D eigenvalue weighted by Crippen LogP contribution is -2.14. The van der Waals surface area contributed by atoms with Crippen molar-refractivity contribution in [3.8, 4) is 0 Å². The van der Waals surface area contributed by atoms with Gasteiger partial charge in [0.05, 0.1) is 0 Å². The monoisotopic (exact) mass is 327 g/mol. The van der Waals surface area contributed by atoms with Gasteiger partial charge in [0.2, 0.25) is 5.95 Å². The molecule has 0 spiro atoms. The average molecular weight is 327 g/mol. The van der Waals surface area contributed by atoms with Crippen molar-refractivity contribution >= 4 is 28.5 Å². The molecule has 3 fully saturated rings. The highest BCUT2D eigenvalue weighted by atomic mass is 127. The van der Waals surface area contributed by atoms with Crippen LogP contribution >= 0.6 is 22.6 Å². The van der Waals surface area contributed by atoms with E-state index in [4.69, 9.17) is 0 Å². The van der Waals surface area contributed by atoms with E-state index in [1.807, 2.05) is 12.4 Å². The quantitative estimate of drug-likeness (QED) is 0.849. The van der Waals surface area contributed by atoms with Crippen LogP contribution in [0.4, 0.5) is 5.95 Å². The summed E-state index contributed by atoms with van der Waals surface area (Å²) in [5, 5.41) is 3.52. The van der Waals surface area contributed by atoms with Gasteiger partial charge in [-0.25, -0.2) is 9.97 Å². The van der Waals surface area contributed by atoms with Crippen LogP contribution in [0, 0.1) is 27.2 Å². The molecule has 3 nitrogen and oxygen atoms in total. The third-order valence-electron chi connectivity index (χ3n) is 4.65. The summed E-state index contributed by atoms with van der Waals surface area (Å²) < 4.78 is 1.10. The molecule has 4 unspecified atom stereocenters. The number of aromatic nitrogens is 2. The van der Waals surface area contributed by atoms with Crippen molar-refractivity contribution in [2.24, 2.45) is 23.7 Å². The molecule has 84 valence electrons. The van der Waals surface area contributed by atoms with Crippen LogP contribution < -0.4 is 5.32 Å². The smallest absolute Gasteiger partial charge is 0.222 e. The van der Waals surface area contributed by atoms with E-state index in [2.05, 4.69) is 37.9 Å². The molecule has 16 heavy (non-hydrogen) atoms. The van der Waals surface area contributed by atoms with Gasteiger partial charge >= 0.3 is 0 Å². The summed E-state index contributed by atoms with van der Waals surface area (Å²) in [5.41, 5.74) is 0. The van der Waals surface area contributed by atoms with Gasteiger partial charge in [-0.05, 0) is 65.5 Å². The minimum Gasteiger partial charge on any atom is -0.351 e. The van der Waals surface area contributed by atoms with Crippen molar-refractivity contribution in [1.82, 2.24) is 9.97 Å². The second-order valence-corrected chi connectivity index (χ2v) is 6.63. The van der Waals surface area contributed by atoms with Crippen molar-refractivity contribution in [2.45, 2.75) is 25.3 Å². The van der Waals surface area contributed by atoms with Gasteiger partial charge in [0.1, 0.15) is 0 Å². The van der Waals surface area contributed by atoms with Gasteiger partial charge in [0.15, 0.2) is 0 Å². The van der Waals surface area contributed by atoms with Crippen molar-refractivity contribution in [3.63, 3.8) is 0 Å². The minimum atomic E-state index is 0.686. The van der Waals surface area contributed by atoms with Gasteiger partial charge in [0.25, 0.3) is 0 Å². The number of fused-ring (bicyclic) bond motifs is 5. The summed E-state index contributed by atoms with van der Waals surface area (Å²) in [7, 11) is 0. The Morgan fingerprint density at radius 2 is 1.75 bits per heavy atom. The number of halogens is 1. The Balaban J connectivity index is 1.48. The molecular formula is C12H14IN3. The molecule has 0 amide bonds. The number of hydrogen-bond acceptors (Lipinski definition) is 3. The predicted molar refractivity (Wildman–Crippen MR) is 70.0 cm³/mol. The fraction of sp³-hybridized carbons (Fsp3) is 0.667. The maximum Gasteiger partial charge on any atom is 0.222 e. The molecule has 0 aromatic carbocycles. The average Bonchev–Trinajstić information content (AvgIpc) is 2.72. The van der Waals surface area contributed by atoms with Crippen LogP contribution in [-0.4, -0.2) is 16.0 Å². The van der Waals surface area contributed by atoms with E-state index in [-0.39, 0.29) is 0 Å². The van der Waals surface area contributed by atoms with E-state index in [0.29, 0.717) is 6.04 Å². The highest BCUT2D eigenvalue weighted by molar-refractivity contribution is 14.1. The molecule has 1 aromatic heterocycles. The highest BCUT2D eigenvalue weighted by Crippen LogP contribution is 2.66. The Kier molecular flexibility index (Phi) is 1.99. The first kappa shape index (κ1) is 9.62. The normalized spacial score (nSPS) is 43.2. The van der Waals surface area contributed by atoms with Crippen LogP contribution in [-0.2, 0) is 0 Å². The summed E-state index contributed by atoms with van der Waals surface area (Å²) in [6.45, 7) is 0. The summed E-state index contributed by atoms with van der Waals surface area (Å²) in [6, 6.07) is 0.686. The Bertz CT molecular complexity index is 403. The molecule has 0 saturated heterocycles. The third kappa shape index (κ3) is 1.31. The van der Waals surface area contributed by atoms with Gasteiger partial charge in [0, 0.05) is 22.0 Å². The first-order chi connectivity index (χ1) is 7.83. The van der Waals surface area contributed by atoms with Crippen LogP contribution in [0.15, 0.2) is 12.4 Å². The van der Waals surface area contributed by atoms with E-state index < -0.39 is 0 Å². The van der Waals surface area contributed by atoms with Crippen LogP contribution in [0.3, 0.4) is 0 Å². The lowest BCUT2D eigenvalue weighted by Gasteiger charge is -2.09. The zero-order chi connectivity index (χ0) is 10.7. The van der Waals surface area contributed by atoms with Crippen molar-refractivity contribution in [2.75, 3.05) is 5.32 Å². The molecule has 1 heterocycles. The summed E-state index contributed by atoms with van der Waals surface area (Å²) in [5.74, 6) is 4.73.